The van der Waals surface area contributed by atoms with Crippen LogP contribution in [0.15, 0.2) is 5.28 Å². The number of rotatable bonds is 7. The second-order valence-electron chi connectivity index (χ2n) is 3.35. The number of carboxylic acids is 1. The summed E-state index contributed by atoms with van der Waals surface area (Å²) in [5.41, 5.74) is 0. The Labute approximate surface area is 103 Å². The van der Waals surface area contributed by atoms with Crippen molar-refractivity contribution in [1.82, 2.24) is 5.01 Å². The summed E-state index contributed by atoms with van der Waals surface area (Å²) >= 11 is 0. The van der Waals surface area contributed by atoms with Crippen LogP contribution in [0.1, 0.15) is 13.8 Å². The second-order valence-corrected chi connectivity index (χ2v) is 3.35. The van der Waals surface area contributed by atoms with Crippen molar-refractivity contribution >= 4 is 12.1 Å². The summed E-state index contributed by atoms with van der Waals surface area (Å²) in [5, 5.41) is 23.1. The van der Waals surface area contributed by atoms with E-state index in [4.69, 9.17) is 5.11 Å². The van der Waals surface area contributed by atoms with E-state index in [0.717, 1.165) is 5.01 Å². The summed E-state index contributed by atoms with van der Waals surface area (Å²) < 4.78 is 8.98. The molecule has 10 heteroatoms. The second kappa shape index (κ2) is 7.92. The minimum Gasteiger partial charge on any atom is -0.569 e. The normalized spacial score (nSPS) is 11.0. The topological polar surface area (TPSA) is 124 Å². The summed E-state index contributed by atoms with van der Waals surface area (Å²) in [5.74, 6) is -1.20. The predicted octanol–water partition coefficient (Wildman–Crippen LogP) is 0.331. The van der Waals surface area contributed by atoms with Crippen molar-refractivity contribution in [2.75, 3.05) is 20.4 Å². The highest BCUT2D eigenvalue weighted by atomic mass is 16.8. The van der Waals surface area contributed by atoms with Crippen molar-refractivity contribution in [2.24, 2.45) is 5.28 Å². The molecule has 0 aromatic rings. The molecule has 104 valence electrons. The lowest BCUT2D eigenvalue weighted by Gasteiger charge is -2.10. The minimum absolute atomic E-state index is 0.0920. The standard InChI is InChI=1S/C8H15N3O7/c1-6(2)18-8(14)16-5-17-9-11(15)10(3)4-7(12)13/h6H,4-5H2,1-3H3,(H,12,13)/b11-9-. The molecule has 0 radical (unpaired) electrons. The van der Waals surface area contributed by atoms with Gasteiger partial charge < -0.3 is 24.6 Å². The molecule has 0 amide bonds. The number of hydrazine groups is 1. The fraction of sp³-hybridized carbons (Fsp3) is 0.750. The van der Waals surface area contributed by atoms with Gasteiger partial charge in [0.1, 0.15) is 0 Å². The summed E-state index contributed by atoms with van der Waals surface area (Å²) in [6.07, 6.45) is -1.30. The first-order valence-corrected chi connectivity index (χ1v) is 4.89. The van der Waals surface area contributed by atoms with Crippen molar-refractivity contribution in [3.8, 4) is 0 Å². The van der Waals surface area contributed by atoms with E-state index >= 15 is 0 Å². The van der Waals surface area contributed by atoms with Gasteiger partial charge in [-0.2, -0.15) is 0 Å². The summed E-state index contributed by atoms with van der Waals surface area (Å²) in [6, 6.07) is 0. The van der Waals surface area contributed by atoms with Gasteiger partial charge in [0.05, 0.1) is 18.1 Å². The highest BCUT2D eigenvalue weighted by molar-refractivity contribution is 5.68. The summed E-state index contributed by atoms with van der Waals surface area (Å²) in [7, 11) is 1.20. The van der Waals surface area contributed by atoms with Gasteiger partial charge in [-0.25, -0.2) is 4.79 Å². The molecule has 0 saturated heterocycles. The van der Waals surface area contributed by atoms with Gasteiger partial charge in [0, 0.05) is 0 Å². The lowest BCUT2D eigenvalue weighted by Crippen LogP contribution is -2.31. The van der Waals surface area contributed by atoms with E-state index in [1.54, 1.807) is 13.8 Å². The van der Waals surface area contributed by atoms with Crippen molar-refractivity contribution in [1.29, 1.82) is 0 Å². The molecule has 0 atom stereocenters. The number of ether oxygens (including phenoxy) is 2. The Morgan fingerprint density at radius 2 is 2.11 bits per heavy atom. The number of hydrogen-bond donors (Lipinski definition) is 1. The number of carbonyl (C=O) groups is 2. The molecule has 0 aliphatic carbocycles. The summed E-state index contributed by atoms with van der Waals surface area (Å²) in [4.78, 5) is 25.3. The Hall–Kier alpha value is -2.26. The van der Waals surface area contributed by atoms with E-state index in [-0.39, 0.29) is 11.1 Å². The van der Waals surface area contributed by atoms with Crippen LogP contribution >= 0.6 is 0 Å². The Balaban J connectivity index is 3.87. The number of aliphatic carboxylic acids is 1. The van der Waals surface area contributed by atoms with Crippen molar-refractivity contribution in [3.63, 3.8) is 0 Å². The molecule has 0 fully saturated rings. The summed E-state index contributed by atoms with van der Waals surface area (Å²) in [6.45, 7) is 2.09. The SMILES string of the molecule is CC(C)OC(=O)OCO/N=[N+](\[O-])N(C)CC(=O)O. The van der Waals surface area contributed by atoms with E-state index in [2.05, 4.69) is 19.6 Å². The van der Waals surface area contributed by atoms with E-state index in [0.29, 0.717) is 0 Å². The van der Waals surface area contributed by atoms with E-state index in [1.165, 1.54) is 7.05 Å². The largest absolute Gasteiger partial charge is 0.569 e. The van der Waals surface area contributed by atoms with Crippen LogP contribution in [0.4, 0.5) is 4.79 Å². The van der Waals surface area contributed by atoms with Crippen LogP contribution in [0.25, 0.3) is 0 Å². The van der Waals surface area contributed by atoms with Gasteiger partial charge in [-0.05, 0) is 13.8 Å². The van der Waals surface area contributed by atoms with Crippen molar-refractivity contribution in [3.05, 3.63) is 5.21 Å². The molecule has 0 saturated carbocycles. The minimum atomic E-state index is -1.20. The molecule has 0 bridgehead atoms. The van der Waals surface area contributed by atoms with Gasteiger partial charge >= 0.3 is 12.1 Å². The van der Waals surface area contributed by atoms with Gasteiger partial charge in [0.2, 0.25) is 5.28 Å². The first kappa shape index (κ1) is 15.7. The van der Waals surface area contributed by atoms with E-state index in [1.807, 2.05) is 0 Å². The Morgan fingerprint density at radius 3 is 2.61 bits per heavy atom. The zero-order valence-electron chi connectivity index (χ0n) is 10.2. The van der Waals surface area contributed by atoms with Crippen LogP contribution < -0.4 is 0 Å². The maximum Gasteiger partial charge on any atom is 0.511 e. The fourth-order valence-electron chi connectivity index (χ4n) is 0.692. The molecule has 18 heavy (non-hydrogen) atoms. The molecule has 0 heterocycles. The van der Waals surface area contributed by atoms with Crippen LogP contribution in [0.3, 0.4) is 0 Å². The molecule has 0 aliphatic rings. The molecule has 0 aromatic carbocycles. The number of likely N-dealkylation sites (N-methyl/N-ethyl adjacent to an activating group) is 1. The van der Waals surface area contributed by atoms with Gasteiger partial charge in [-0.15, -0.1) is 5.01 Å². The third-order valence-corrected chi connectivity index (χ3v) is 1.35. The lowest BCUT2D eigenvalue weighted by molar-refractivity contribution is -0.704. The van der Waals surface area contributed by atoms with Gasteiger partial charge in [-0.1, -0.05) is 0 Å². The zero-order valence-corrected chi connectivity index (χ0v) is 10.2. The number of hydrogen-bond acceptors (Lipinski definition) is 7. The van der Waals surface area contributed by atoms with Crippen LogP contribution in [0.5, 0.6) is 0 Å². The van der Waals surface area contributed by atoms with Crippen LogP contribution in [0, 0.1) is 5.21 Å². The highest BCUT2D eigenvalue weighted by Gasteiger charge is 2.11. The predicted molar refractivity (Wildman–Crippen MR) is 55.0 cm³/mol. The molecular weight excluding hydrogens is 250 g/mol. The Kier molecular flexibility index (Phi) is 6.93. The maximum atomic E-state index is 11.0. The molecule has 0 aromatic heterocycles. The molecular formula is C8H15N3O7. The molecule has 0 unspecified atom stereocenters. The van der Waals surface area contributed by atoms with Crippen LogP contribution in [-0.4, -0.2) is 53.7 Å². The first-order chi connectivity index (χ1) is 8.32. The monoisotopic (exact) mass is 265 g/mol. The van der Waals surface area contributed by atoms with E-state index in [9.17, 15) is 14.8 Å². The van der Waals surface area contributed by atoms with Gasteiger partial charge in [0.25, 0.3) is 6.79 Å². The molecule has 10 nitrogen and oxygen atoms in total. The van der Waals surface area contributed by atoms with Crippen molar-refractivity contribution in [2.45, 2.75) is 20.0 Å². The Bertz CT molecular complexity index is 318. The quantitative estimate of drug-likeness (QED) is 0.174. The lowest BCUT2D eigenvalue weighted by atomic mass is 10.5. The van der Waals surface area contributed by atoms with Crippen LogP contribution in [-0.2, 0) is 19.1 Å². The molecule has 0 spiro atoms. The number of nitrogens with zero attached hydrogens (tertiary/aromatic N) is 3. The number of carboxylic acid groups (broad SMARTS) is 1. The third-order valence-electron chi connectivity index (χ3n) is 1.35. The smallest absolute Gasteiger partial charge is 0.511 e. The fourth-order valence-corrected chi connectivity index (χ4v) is 0.692. The van der Waals surface area contributed by atoms with E-state index < -0.39 is 25.5 Å². The van der Waals surface area contributed by atoms with Gasteiger partial charge in [0.15, 0.2) is 6.54 Å². The Morgan fingerprint density at radius 1 is 1.50 bits per heavy atom. The molecule has 0 aliphatic heterocycles. The van der Waals surface area contributed by atoms with Crippen molar-refractivity contribution < 1.29 is 34.0 Å². The third kappa shape index (κ3) is 7.96. The molecule has 1 N–H and O–H groups in total. The van der Waals surface area contributed by atoms with Gasteiger partial charge in [-0.3, -0.25) is 4.79 Å². The zero-order chi connectivity index (χ0) is 14.1. The first-order valence-electron chi connectivity index (χ1n) is 4.89. The molecule has 0 rings (SSSR count). The van der Waals surface area contributed by atoms with Crippen LogP contribution in [0.2, 0.25) is 0 Å². The average Bonchev–Trinajstić information content (AvgIpc) is 2.21. The average molecular weight is 265 g/mol. The number of carbonyl (C=O) groups excluding carboxylic acids is 1. The maximum absolute atomic E-state index is 11.0. The highest BCUT2D eigenvalue weighted by Crippen LogP contribution is 1.93.